The van der Waals surface area contributed by atoms with Gasteiger partial charge in [-0.3, -0.25) is 9.78 Å². The van der Waals surface area contributed by atoms with Crippen molar-refractivity contribution in [2.45, 2.75) is 26.7 Å². The molecule has 0 spiro atoms. The first-order chi connectivity index (χ1) is 10.1. The number of hydrogen-bond acceptors (Lipinski definition) is 4. The lowest BCUT2D eigenvalue weighted by Crippen LogP contribution is -2.14. The fourth-order valence-corrected chi connectivity index (χ4v) is 2.02. The zero-order valence-electron chi connectivity index (χ0n) is 12.6. The van der Waals surface area contributed by atoms with Crippen LogP contribution in [0.4, 0.5) is 11.5 Å². The molecule has 2 heterocycles. The minimum absolute atomic E-state index is 0.151. The van der Waals surface area contributed by atoms with Crippen molar-refractivity contribution in [2.75, 3.05) is 17.7 Å². The van der Waals surface area contributed by atoms with E-state index in [1.807, 2.05) is 19.1 Å². The predicted octanol–water partition coefficient (Wildman–Crippen LogP) is 3.03. The van der Waals surface area contributed by atoms with Crippen molar-refractivity contribution in [1.29, 1.82) is 0 Å². The van der Waals surface area contributed by atoms with Gasteiger partial charge in [-0.25, -0.2) is 4.98 Å². The van der Waals surface area contributed by atoms with Crippen LogP contribution in [0.25, 0.3) is 0 Å². The number of rotatable bonds is 5. The Hall–Kier alpha value is -2.43. The highest BCUT2D eigenvalue weighted by Crippen LogP contribution is 2.16. The van der Waals surface area contributed by atoms with Crippen LogP contribution in [-0.4, -0.2) is 22.9 Å². The van der Waals surface area contributed by atoms with Crippen LogP contribution in [-0.2, 0) is 6.42 Å². The van der Waals surface area contributed by atoms with Crippen LogP contribution in [0.3, 0.4) is 0 Å². The van der Waals surface area contributed by atoms with Gasteiger partial charge < -0.3 is 10.6 Å². The van der Waals surface area contributed by atoms with Crippen molar-refractivity contribution in [3.63, 3.8) is 0 Å². The van der Waals surface area contributed by atoms with Crippen LogP contribution < -0.4 is 10.6 Å². The molecule has 0 unspecified atom stereocenters. The Morgan fingerprint density at radius 1 is 1.33 bits per heavy atom. The zero-order chi connectivity index (χ0) is 15.2. The molecule has 0 aromatic carbocycles. The van der Waals surface area contributed by atoms with Gasteiger partial charge in [0.2, 0.25) is 0 Å². The Bertz CT molecular complexity index is 640. The number of aromatic nitrogens is 2. The van der Waals surface area contributed by atoms with Crippen molar-refractivity contribution in [3.8, 4) is 0 Å². The molecule has 0 aliphatic heterocycles. The Morgan fingerprint density at radius 3 is 2.81 bits per heavy atom. The molecule has 5 nitrogen and oxygen atoms in total. The number of hydrogen-bond donors (Lipinski definition) is 2. The predicted molar refractivity (Wildman–Crippen MR) is 84.7 cm³/mol. The minimum Gasteiger partial charge on any atom is -0.373 e. The molecule has 0 atom stereocenters. The number of nitrogens with one attached hydrogen (secondary N) is 2. The van der Waals surface area contributed by atoms with E-state index < -0.39 is 0 Å². The summed E-state index contributed by atoms with van der Waals surface area (Å²) in [5, 5.41) is 5.88. The summed E-state index contributed by atoms with van der Waals surface area (Å²) in [7, 11) is 1.80. The van der Waals surface area contributed by atoms with Crippen LogP contribution in [0.1, 0.15) is 35.0 Å². The fraction of sp³-hybridized carbons (Fsp3) is 0.312. The maximum absolute atomic E-state index is 12.4. The summed E-state index contributed by atoms with van der Waals surface area (Å²) in [4.78, 5) is 20.9. The molecule has 0 saturated carbocycles. The maximum Gasteiger partial charge on any atom is 0.255 e. The first kappa shape index (κ1) is 15.0. The summed E-state index contributed by atoms with van der Waals surface area (Å²) in [6.07, 6.45) is 5.20. The first-order valence-corrected chi connectivity index (χ1v) is 7.04. The number of nitrogens with zero attached hydrogens (tertiary/aromatic N) is 2. The molecular weight excluding hydrogens is 264 g/mol. The third kappa shape index (κ3) is 3.78. The molecule has 0 aliphatic rings. The molecule has 2 N–H and O–H groups in total. The Balaban J connectivity index is 2.26. The van der Waals surface area contributed by atoms with E-state index in [4.69, 9.17) is 0 Å². The van der Waals surface area contributed by atoms with Crippen molar-refractivity contribution in [1.82, 2.24) is 9.97 Å². The third-order valence-electron chi connectivity index (χ3n) is 3.19. The molecule has 0 saturated heterocycles. The number of pyridine rings is 2. The monoisotopic (exact) mass is 284 g/mol. The molecule has 1 amide bonds. The topological polar surface area (TPSA) is 66.9 Å². The summed E-state index contributed by atoms with van der Waals surface area (Å²) in [6, 6.07) is 5.45. The molecule has 2 aromatic rings. The fourth-order valence-electron chi connectivity index (χ4n) is 2.02. The summed E-state index contributed by atoms with van der Waals surface area (Å²) in [5.41, 5.74) is 3.22. The van der Waals surface area contributed by atoms with Crippen molar-refractivity contribution < 1.29 is 4.79 Å². The van der Waals surface area contributed by atoms with Crippen LogP contribution in [0, 0.1) is 6.92 Å². The molecule has 0 aliphatic carbocycles. The van der Waals surface area contributed by atoms with Crippen LogP contribution in [0.15, 0.2) is 30.6 Å². The lowest BCUT2D eigenvalue weighted by Gasteiger charge is -2.10. The highest BCUT2D eigenvalue weighted by molar-refractivity contribution is 6.05. The maximum atomic E-state index is 12.4. The van der Waals surface area contributed by atoms with Gasteiger partial charge in [0.05, 0.1) is 11.9 Å². The SMILES string of the molecule is CCCc1cc(C(=O)Nc2cnccc2C)cc(NC)n1. The van der Waals surface area contributed by atoms with E-state index in [2.05, 4.69) is 27.5 Å². The Kier molecular flexibility index (Phi) is 4.87. The number of carbonyl (C=O) groups is 1. The van der Waals surface area contributed by atoms with Crippen LogP contribution >= 0.6 is 0 Å². The van der Waals surface area contributed by atoms with Gasteiger partial charge in [0.15, 0.2) is 0 Å². The second-order valence-corrected chi connectivity index (χ2v) is 4.88. The molecule has 0 bridgehead atoms. The lowest BCUT2D eigenvalue weighted by atomic mass is 10.1. The van der Waals surface area contributed by atoms with Gasteiger partial charge in [-0.1, -0.05) is 13.3 Å². The van der Waals surface area contributed by atoms with Crippen LogP contribution in [0.2, 0.25) is 0 Å². The van der Waals surface area contributed by atoms with E-state index >= 15 is 0 Å². The normalized spacial score (nSPS) is 10.2. The number of carbonyl (C=O) groups excluding carboxylic acids is 1. The van der Waals surface area contributed by atoms with E-state index in [-0.39, 0.29) is 5.91 Å². The van der Waals surface area contributed by atoms with Crippen molar-refractivity contribution in [2.24, 2.45) is 0 Å². The molecule has 110 valence electrons. The largest absolute Gasteiger partial charge is 0.373 e. The average Bonchev–Trinajstić information content (AvgIpc) is 2.49. The molecule has 21 heavy (non-hydrogen) atoms. The Labute approximate surface area is 124 Å². The zero-order valence-corrected chi connectivity index (χ0v) is 12.6. The standard InChI is InChI=1S/C16H20N4O/c1-4-5-13-8-12(9-15(17-3)19-13)16(21)20-14-10-18-7-6-11(14)2/h6-10H,4-5H2,1-3H3,(H,17,19)(H,20,21). The highest BCUT2D eigenvalue weighted by Gasteiger charge is 2.11. The van der Waals surface area contributed by atoms with Gasteiger partial charge in [-0.15, -0.1) is 0 Å². The summed E-state index contributed by atoms with van der Waals surface area (Å²) >= 11 is 0. The first-order valence-electron chi connectivity index (χ1n) is 7.04. The molecule has 2 aromatic heterocycles. The number of anilines is 2. The van der Waals surface area contributed by atoms with Gasteiger partial charge in [-0.2, -0.15) is 0 Å². The minimum atomic E-state index is -0.151. The van der Waals surface area contributed by atoms with E-state index in [1.165, 1.54) is 0 Å². The van der Waals surface area contributed by atoms with Gasteiger partial charge >= 0.3 is 0 Å². The van der Waals surface area contributed by atoms with E-state index in [0.29, 0.717) is 11.4 Å². The molecule has 5 heteroatoms. The molecule has 0 radical (unpaired) electrons. The molecule has 2 rings (SSSR count). The average molecular weight is 284 g/mol. The van der Waals surface area contributed by atoms with Crippen molar-refractivity contribution in [3.05, 3.63) is 47.4 Å². The molecular formula is C16H20N4O. The van der Waals surface area contributed by atoms with Gasteiger partial charge in [0.25, 0.3) is 5.91 Å². The second-order valence-electron chi connectivity index (χ2n) is 4.88. The quantitative estimate of drug-likeness (QED) is 0.885. The lowest BCUT2D eigenvalue weighted by molar-refractivity contribution is 0.102. The van der Waals surface area contributed by atoms with Gasteiger partial charge in [0.1, 0.15) is 5.82 Å². The summed E-state index contributed by atoms with van der Waals surface area (Å²) in [5.74, 6) is 0.552. The van der Waals surface area contributed by atoms with Gasteiger partial charge in [0, 0.05) is 24.5 Å². The van der Waals surface area contributed by atoms with E-state index in [0.717, 1.165) is 29.8 Å². The van der Waals surface area contributed by atoms with Crippen molar-refractivity contribution >= 4 is 17.4 Å². The molecule has 0 fully saturated rings. The van der Waals surface area contributed by atoms with Crippen LogP contribution in [0.5, 0.6) is 0 Å². The second kappa shape index (κ2) is 6.83. The van der Waals surface area contributed by atoms with E-state index in [9.17, 15) is 4.79 Å². The summed E-state index contributed by atoms with van der Waals surface area (Å²) < 4.78 is 0. The highest BCUT2D eigenvalue weighted by atomic mass is 16.1. The third-order valence-corrected chi connectivity index (χ3v) is 3.19. The smallest absolute Gasteiger partial charge is 0.255 e. The number of aryl methyl sites for hydroxylation is 2. The summed E-state index contributed by atoms with van der Waals surface area (Å²) in [6.45, 7) is 4.03. The van der Waals surface area contributed by atoms with E-state index in [1.54, 1.807) is 25.5 Å². The number of amides is 1. The Morgan fingerprint density at radius 2 is 2.14 bits per heavy atom. The van der Waals surface area contributed by atoms with Gasteiger partial charge in [-0.05, 0) is 37.1 Å².